The molecule has 0 bridgehead atoms. The molecule has 76 valence electrons. The third-order valence-electron chi connectivity index (χ3n) is 1.66. The molecule has 4 heteroatoms. The Morgan fingerprint density at radius 1 is 1.50 bits per heavy atom. The predicted molar refractivity (Wildman–Crippen MR) is 59.8 cm³/mol. The van der Waals surface area contributed by atoms with E-state index >= 15 is 0 Å². The molecule has 0 atom stereocenters. The number of aromatic hydroxyl groups is 1. The molecule has 0 aromatic heterocycles. The lowest BCUT2D eigenvalue weighted by molar-refractivity contribution is 0.475. The van der Waals surface area contributed by atoms with Crippen molar-refractivity contribution in [3.63, 3.8) is 0 Å². The first kappa shape index (κ1) is 11.4. The van der Waals surface area contributed by atoms with Gasteiger partial charge in [-0.25, -0.2) is 0 Å². The van der Waals surface area contributed by atoms with E-state index in [1.54, 1.807) is 18.2 Å². The minimum atomic E-state index is 0.0946. The van der Waals surface area contributed by atoms with Gasteiger partial charge in [-0.05, 0) is 17.7 Å². The highest BCUT2D eigenvalue weighted by atomic mass is 35.5. The monoisotopic (exact) mass is 231 g/mol. The van der Waals surface area contributed by atoms with Gasteiger partial charge in [0, 0.05) is 18.1 Å². The average Bonchev–Trinajstić information content (AvgIpc) is 2.10. The van der Waals surface area contributed by atoms with E-state index in [-0.39, 0.29) is 5.75 Å². The minimum Gasteiger partial charge on any atom is -0.506 e. The van der Waals surface area contributed by atoms with Crippen LogP contribution in [0.3, 0.4) is 0 Å². The van der Waals surface area contributed by atoms with Crippen LogP contribution >= 0.6 is 23.2 Å². The van der Waals surface area contributed by atoms with Crippen molar-refractivity contribution < 1.29 is 5.11 Å². The molecule has 0 saturated carbocycles. The lowest BCUT2D eigenvalue weighted by Gasteiger charge is -2.04. The summed E-state index contributed by atoms with van der Waals surface area (Å²) in [5, 5.41) is 13.2. The van der Waals surface area contributed by atoms with Gasteiger partial charge in [-0.1, -0.05) is 35.8 Å². The molecule has 0 saturated heterocycles. The third kappa shape index (κ3) is 3.58. The lowest BCUT2D eigenvalue weighted by Crippen LogP contribution is -2.14. The number of rotatable bonds is 4. The van der Waals surface area contributed by atoms with Gasteiger partial charge in [-0.15, -0.1) is 0 Å². The highest BCUT2D eigenvalue weighted by Gasteiger charge is 1.99. The standard InChI is InChI=1S/C10H11Cl2NO/c1-7(11)5-13-6-8-2-3-10(14)9(12)4-8/h2-4,13-14H,1,5-6H2. The Bertz CT molecular complexity index is 339. The fourth-order valence-corrected chi connectivity index (χ4v) is 1.30. The summed E-state index contributed by atoms with van der Waals surface area (Å²) in [6.45, 7) is 4.76. The summed E-state index contributed by atoms with van der Waals surface area (Å²) in [6.07, 6.45) is 0. The molecule has 1 aromatic carbocycles. The normalized spacial score (nSPS) is 10.1. The van der Waals surface area contributed by atoms with Gasteiger partial charge >= 0.3 is 0 Å². The van der Waals surface area contributed by atoms with Crippen LogP contribution in [0.2, 0.25) is 5.02 Å². The van der Waals surface area contributed by atoms with E-state index in [2.05, 4.69) is 11.9 Å². The fourth-order valence-electron chi connectivity index (χ4n) is 1.00. The van der Waals surface area contributed by atoms with E-state index in [4.69, 9.17) is 28.3 Å². The SMILES string of the molecule is C=C(Cl)CNCc1ccc(O)c(Cl)c1. The summed E-state index contributed by atoms with van der Waals surface area (Å²) < 4.78 is 0. The van der Waals surface area contributed by atoms with Crippen LogP contribution in [0.15, 0.2) is 29.8 Å². The highest BCUT2D eigenvalue weighted by Crippen LogP contribution is 2.23. The molecule has 0 aliphatic heterocycles. The first-order chi connectivity index (χ1) is 6.59. The van der Waals surface area contributed by atoms with Gasteiger partial charge in [-0.2, -0.15) is 0 Å². The molecule has 0 aliphatic rings. The van der Waals surface area contributed by atoms with Crippen LogP contribution in [-0.4, -0.2) is 11.7 Å². The second-order valence-corrected chi connectivity index (χ2v) is 3.85. The maximum Gasteiger partial charge on any atom is 0.134 e. The Morgan fingerprint density at radius 2 is 2.21 bits per heavy atom. The number of benzene rings is 1. The van der Waals surface area contributed by atoms with E-state index in [0.29, 0.717) is 23.1 Å². The molecule has 1 aromatic rings. The smallest absolute Gasteiger partial charge is 0.134 e. The molecule has 2 N–H and O–H groups in total. The van der Waals surface area contributed by atoms with Gasteiger partial charge in [-0.3, -0.25) is 0 Å². The van der Waals surface area contributed by atoms with Crippen LogP contribution in [0, 0.1) is 0 Å². The largest absolute Gasteiger partial charge is 0.506 e. The zero-order chi connectivity index (χ0) is 10.6. The number of halogens is 2. The lowest BCUT2D eigenvalue weighted by atomic mass is 10.2. The Balaban J connectivity index is 2.51. The topological polar surface area (TPSA) is 32.3 Å². The Kier molecular flexibility index (Phi) is 4.26. The molecule has 0 heterocycles. The van der Waals surface area contributed by atoms with E-state index in [1.807, 2.05) is 0 Å². The summed E-state index contributed by atoms with van der Waals surface area (Å²) in [5.74, 6) is 0.0946. The maximum atomic E-state index is 9.17. The second kappa shape index (κ2) is 5.25. The number of hydrogen-bond acceptors (Lipinski definition) is 2. The van der Waals surface area contributed by atoms with Crippen molar-refractivity contribution >= 4 is 23.2 Å². The van der Waals surface area contributed by atoms with Gasteiger partial charge in [0.25, 0.3) is 0 Å². The van der Waals surface area contributed by atoms with Gasteiger partial charge in [0.15, 0.2) is 0 Å². The van der Waals surface area contributed by atoms with Crippen molar-refractivity contribution in [1.82, 2.24) is 5.32 Å². The summed E-state index contributed by atoms with van der Waals surface area (Å²) >= 11 is 11.3. The van der Waals surface area contributed by atoms with Gasteiger partial charge in [0.05, 0.1) is 5.02 Å². The van der Waals surface area contributed by atoms with Crippen molar-refractivity contribution in [2.45, 2.75) is 6.54 Å². The van der Waals surface area contributed by atoms with E-state index in [1.165, 1.54) is 0 Å². The summed E-state index contributed by atoms with van der Waals surface area (Å²) in [6, 6.07) is 5.07. The molecule has 0 fully saturated rings. The summed E-state index contributed by atoms with van der Waals surface area (Å²) in [7, 11) is 0. The van der Waals surface area contributed by atoms with Crippen molar-refractivity contribution in [3.8, 4) is 5.75 Å². The van der Waals surface area contributed by atoms with Crippen molar-refractivity contribution in [2.75, 3.05) is 6.54 Å². The van der Waals surface area contributed by atoms with Crippen LogP contribution in [0.5, 0.6) is 5.75 Å². The number of phenolic OH excluding ortho intramolecular Hbond substituents is 1. The van der Waals surface area contributed by atoms with Crippen LogP contribution in [0.1, 0.15) is 5.56 Å². The van der Waals surface area contributed by atoms with E-state index < -0.39 is 0 Å². The molecule has 0 spiro atoms. The molecule has 14 heavy (non-hydrogen) atoms. The minimum absolute atomic E-state index is 0.0946. The van der Waals surface area contributed by atoms with Crippen LogP contribution in [0.4, 0.5) is 0 Å². The highest BCUT2D eigenvalue weighted by molar-refractivity contribution is 6.32. The van der Waals surface area contributed by atoms with Crippen molar-refractivity contribution in [3.05, 3.63) is 40.4 Å². The van der Waals surface area contributed by atoms with E-state index in [9.17, 15) is 0 Å². The third-order valence-corrected chi connectivity index (χ3v) is 2.09. The molecule has 0 aliphatic carbocycles. The zero-order valence-electron chi connectivity index (χ0n) is 7.56. The molecular formula is C10H11Cl2NO. The molecule has 0 radical (unpaired) electrons. The summed E-state index contributed by atoms with van der Waals surface area (Å²) in [5.41, 5.74) is 0.991. The van der Waals surface area contributed by atoms with E-state index in [0.717, 1.165) is 5.56 Å². The quantitative estimate of drug-likeness (QED) is 0.836. The number of hydrogen-bond donors (Lipinski definition) is 2. The maximum absolute atomic E-state index is 9.17. The molecule has 0 unspecified atom stereocenters. The second-order valence-electron chi connectivity index (χ2n) is 2.91. The van der Waals surface area contributed by atoms with Gasteiger partial charge in [0.1, 0.15) is 5.75 Å². The van der Waals surface area contributed by atoms with Crippen LogP contribution < -0.4 is 5.32 Å². The van der Waals surface area contributed by atoms with Crippen molar-refractivity contribution in [1.29, 1.82) is 0 Å². The molecule has 0 amide bonds. The Labute approximate surface area is 93.2 Å². The first-order valence-electron chi connectivity index (χ1n) is 4.11. The number of phenols is 1. The van der Waals surface area contributed by atoms with Crippen molar-refractivity contribution in [2.24, 2.45) is 0 Å². The van der Waals surface area contributed by atoms with Crippen LogP contribution in [0.25, 0.3) is 0 Å². The predicted octanol–water partition coefficient (Wildman–Crippen LogP) is 2.89. The summed E-state index contributed by atoms with van der Waals surface area (Å²) in [4.78, 5) is 0. The van der Waals surface area contributed by atoms with Crippen LogP contribution in [-0.2, 0) is 6.54 Å². The average molecular weight is 232 g/mol. The number of nitrogens with one attached hydrogen (secondary N) is 1. The molecule has 1 rings (SSSR count). The zero-order valence-corrected chi connectivity index (χ0v) is 9.07. The first-order valence-corrected chi connectivity index (χ1v) is 4.86. The molecular weight excluding hydrogens is 221 g/mol. The fraction of sp³-hybridized carbons (Fsp3) is 0.200. The van der Waals surface area contributed by atoms with Gasteiger partial charge < -0.3 is 10.4 Å². The molecule has 2 nitrogen and oxygen atoms in total. The van der Waals surface area contributed by atoms with Gasteiger partial charge in [0.2, 0.25) is 0 Å². The Morgan fingerprint density at radius 3 is 2.79 bits per heavy atom. The Hall–Kier alpha value is -0.700.